The summed E-state index contributed by atoms with van der Waals surface area (Å²) in [5.74, 6) is 0. The van der Waals surface area contributed by atoms with Gasteiger partial charge >= 0.3 is 0 Å². The molecule has 0 spiro atoms. The number of benzene rings is 3. The number of fused-ring (bicyclic) bond motifs is 3. The first kappa shape index (κ1) is 15.7. The van der Waals surface area contributed by atoms with E-state index in [1.165, 1.54) is 39.1 Å². The molecule has 0 amide bonds. The second-order valence-corrected chi connectivity index (χ2v) is 6.41. The van der Waals surface area contributed by atoms with E-state index in [1.807, 2.05) is 0 Å². The fourth-order valence-electron chi connectivity index (χ4n) is 3.74. The fraction of sp³-hybridized carbons (Fsp3) is 0.167. The predicted molar refractivity (Wildman–Crippen MR) is 109 cm³/mol. The molecule has 1 nitrogen and oxygen atoms in total. The minimum atomic E-state index is 1.04. The van der Waals surface area contributed by atoms with Gasteiger partial charge in [-0.2, -0.15) is 0 Å². The minimum absolute atomic E-state index is 1.04. The largest absolute Gasteiger partial charge is 0.372 e. The van der Waals surface area contributed by atoms with Gasteiger partial charge in [-0.05, 0) is 65.4 Å². The van der Waals surface area contributed by atoms with Crippen LogP contribution in [0.25, 0.3) is 22.8 Å². The summed E-state index contributed by atoms with van der Waals surface area (Å²) in [6, 6.07) is 26.3. The first-order valence-corrected chi connectivity index (χ1v) is 9.07. The van der Waals surface area contributed by atoms with E-state index >= 15 is 0 Å². The summed E-state index contributed by atoms with van der Waals surface area (Å²) in [5.41, 5.74) is 9.19. The van der Waals surface area contributed by atoms with Crippen LogP contribution in [0.1, 0.15) is 30.5 Å². The van der Waals surface area contributed by atoms with Crippen LogP contribution >= 0.6 is 0 Å². The number of hydrogen-bond donors (Lipinski definition) is 0. The number of rotatable bonds is 4. The minimum Gasteiger partial charge on any atom is -0.372 e. The average Bonchev–Trinajstić information content (AvgIpc) is 2.98. The Labute approximate surface area is 150 Å². The normalized spacial score (nSPS) is 11.8. The highest BCUT2D eigenvalue weighted by Crippen LogP contribution is 2.44. The first-order chi connectivity index (χ1) is 12.3. The lowest BCUT2D eigenvalue weighted by Crippen LogP contribution is -2.21. The highest BCUT2D eigenvalue weighted by atomic mass is 15.1. The second-order valence-electron chi connectivity index (χ2n) is 6.41. The van der Waals surface area contributed by atoms with E-state index in [0.29, 0.717) is 0 Å². The maximum atomic E-state index is 2.37. The van der Waals surface area contributed by atoms with E-state index in [0.717, 1.165) is 13.1 Å². The van der Waals surface area contributed by atoms with Gasteiger partial charge in [-0.1, -0.05) is 60.7 Å². The third-order valence-electron chi connectivity index (χ3n) is 5.06. The Morgan fingerprint density at radius 2 is 1.12 bits per heavy atom. The van der Waals surface area contributed by atoms with Gasteiger partial charge in [0.25, 0.3) is 0 Å². The average molecular weight is 325 g/mol. The summed E-state index contributed by atoms with van der Waals surface area (Å²) < 4.78 is 0. The standard InChI is InChI=1S/C24H23N/c1-3-25(4-2)19-15-13-18(14-16-19)17-24-22-11-7-5-9-20(22)21-10-6-8-12-23(21)24/h5-17H,3-4H2,1-2H3. The molecule has 0 N–H and O–H groups in total. The van der Waals surface area contributed by atoms with E-state index in [1.54, 1.807) is 0 Å². The lowest BCUT2D eigenvalue weighted by atomic mass is 10.0. The van der Waals surface area contributed by atoms with Crippen LogP contribution in [0.15, 0.2) is 72.8 Å². The Bertz CT molecular complexity index is 867. The monoisotopic (exact) mass is 325 g/mol. The maximum absolute atomic E-state index is 2.37. The molecule has 124 valence electrons. The van der Waals surface area contributed by atoms with Crippen LogP contribution in [0.4, 0.5) is 5.69 Å². The summed E-state index contributed by atoms with van der Waals surface area (Å²) in [4.78, 5) is 2.37. The highest BCUT2D eigenvalue weighted by Gasteiger charge is 2.22. The molecule has 4 rings (SSSR count). The van der Waals surface area contributed by atoms with E-state index in [2.05, 4.69) is 97.6 Å². The van der Waals surface area contributed by atoms with E-state index < -0.39 is 0 Å². The molecule has 0 unspecified atom stereocenters. The zero-order valence-electron chi connectivity index (χ0n) is 14.9. The van der Waals surface area contributed by atoms with Crippen molar-refractivity contribution in [1.29, 1.82) is 0 Å². The lowest BCUT2D eigenvalue weighted by Gasteiger charge is -2.20. The summed E-state index contributed by atoms with van der Waals surface area (Å²) >= 11 is 0. The quantitative estimate of drug-likeness (QED) is 0.438. The Balaban J connectivity index is 1.77. The molecule has 0 fully saturated rings. The summed E-state index contributed by atoms with van der Waals surface area (Å²) in [5, 5.41) is 0. The second kappa shape index (κ2) is 6.60. The van der Waals surface area contributed by atoms with Crippen LogP contribution in [0.5, 0.6) is 0 Å². The molecule has 0 bridgehead atoms. The number of anilines is 1. The zero-order chi connectivity index (χ0) is 17.2. The zero-order valence-corrected chi connectivity index (χ0v) is 14.9. The smallest absolute Gasteiger partial charge is 0.0366 e. The van der Waals surface area contributed by atoms with Gasteiger partial charge in [0, 0.05) is 18.8 Å². The molecular formula is C24H23N. The molecular weight excluding hydrogens is 302 g/mol. The molecule has 1 heteroatoms. The van der Waals surface area contributed by atoms with Crippen LogP contribution in [0.2, 0.25) is 0 Å². The maximum Gasteiger partial charge on any atom is 0.0366 e. The molecule has 0 saturated heterocycles. The van der Waals surface area contributed by atoms with Gasteiger partial charge in [0.05, 0.1) is 0 Å². The molecule has 0 atom stereocenters. The molecule has 25 heavy (non-hydrogen) atoms. The third-order valence-corrected chi connectivity index (χ3v) is 5.06. The Kier molecular flexibility index (Phi) is 4.15. The summed E-state index contributed by atoms with van der Waals surface area (Å²) in [6.45, 7) is 6.48. The molecule has 3 aromatic carbocycles. The molecule has 0 aliphatic heterocycles. The van der Waals surface area contributed by atoms with Crippen molar-refractivity contribution in [2.45, 2.75) is 13.8 Å². The van der Waals surface area contributed by atoms with Crippen molar-refractivity contribution in [2.24, 2.45) is 0 Å². The number of hydrogen-bond acceptors (Lipinski definition) is 1. The van der Waals surface area contributed by atoms with E-state index in [4.69, 9.17) is 0 Å². The number of nitrogens with zero attached hydrogens (tertiary/aromatic N) is 1. The van der Waals surface area contributed by atoms with Crippen LogP contribution in [-0.2, 0) is 0 Å². The lowest BCUT2D eigenvalue weighted by molar-refractivity contribution is 0.866. The van der Waals surface area contributed by atoms with Crippen molar-refractivity contribution in [3.63, 3.8) is 0 Å². The summed E-state index contributed by atoms with van der Waals surface area (Å²) in [7, 11) is 0. The van der Waals surface area contributed by atoms with Gasteiger partial charge in [-0.15, -0.1) is 0 Å². The SMILES string of the molecule is CCN(CC)c1ccc(C=C2c3ccccc3-c3ccccc32)cc1. The fourth-order valence-corrected chi connectivity index (χ4v) is 3.74. The van der Waals surface area contributed by atoms with Crippen molar-refractivity contribution >= 4 is 17.3 Å². The van der Waals surface area contributed by atoms with Crippen molar-refractivity contribution < 1.29 is 0 Å². The van der Waals surface area contributed by atoms with Gasteiger partial charge in [-0.25, -0.2) is 0 Å². The molecule has 0 aromatic heterocycles. The van der Waals surface area contributed by atoms with Crippen LogP contribution in [-0.4, -0.2) is 13.1 Å². The van der Waals surface area contributed by atoms with Crippen molar-refractivity contribution in [2.75, 3.05) is 18.0 Å². The van der Waals surface area contributed by atoms with Gasteiger partial charge in [0.1, 0.15) is 0 Å². The molecule has 1 aliphatic rings. The van der Waals surface area contributed by atoms with Crippen molar-refractivity contribution in [1.82, 2.24) is 0 Å². The first-order valence-electron chi connectivity index (χ1n) is 9.07. The molecule has 1 aliphatic carbocycles. The van der Waals surface area contributed by atoms with E-state index in [-0.39, 0.29) is 0 Å². The van der Waals surface area contributed by atoms with Crippen molar-refractivity contribution in [3.8, 4) is 11.1 Å². The van der Waals surface area contributed by atoms with Crippen LogP contribution in [0, 0.1) is 0 Å². The third kappa shape index (κ3) is 2.76. The Morgan fingerprint density at radius 3 is 1.60 bits per heavy atom. The predicted octanol–water partition coefficient (Wildman–Crippen LogP) is 6.10. The van der Waals surface area contributed by atoms with Gasteiger partial charge in [0.2, 0.25) is 0 Å². The Morgan fingerprint density at radius 1 is 0.640 bits per heavy atom. The highest BCUT2D eigenvalue weighted by molar-refractivity contribution is 6.06. The molecule has 3 aromatic rings. The van der Waals surface area contributed by atoms with Crippen LogP contribution in [0.3, 0.4) is 0 Å². The van der Waals surface area contributed by atoms with E-state index in [9.17, 15) is 0 Å². The molecule has 0 heterocycles. The molecule has 0 radical (unpaired) electrons. The van der Waals surface area contributed by atoms with Crippen LogP contribution < -0.4 is 4.90 Å². The van der Waals surface area contributed by atoms with Gasteiger partial charge in [0.15, 0.2) is 0 Å². The van der Waals surface area contributed by atoms with Crippen molar-refractivity contribution in [3.05, 3.63) is 89.5 Å². The summed E-state index contributed by atoms with van der Waals surface area (Å²) in [6.07, 6.45) is 2.32. The van der Waals surface area contributed by atoms with Gasteiger partial charge in [-0.3, -0.25) is 0 Å². The van der Waals surface area contributed by atoms with Gasteiger partial charge < -0.3 is 4.90 Å². The topological polar surface area (TPSA) is 3.24 Å². The molecule has 0 saturated carbocycles. The Hall–Kier alpha value is -2.80.